The molecule has 1 aromatic carbocycles. The highest BCUT2D eigenvalue weighted by Gasteiger charge is 2.08. The quantitative estimate of drug-likeness (QED) is 0.773. The van der Waals surface area contributed by atoms with Crippen LogP contribution in [0.25, 0.3) is 0 Å². The molecule has 0 aliphatic carbocycles. The average molecular weight is 300 g/mol. The Hall–Kier alpha value is -1.75. The van der Waals surface area contributed by atoms with Crippen LogP contribution in [0.2, 0.25) is 5.02 Å². The van der Waals surface area contributed by atoms with Gasteiger partial charge < -0.3 is 15.2 Å². The van der Waals surface area contributed by atoms with Crippen molar-refractivity contribution in [2.75, 3.05) is 6.61 Å². The number of halogens is 1. The van der Waals surface area contributed by atoms with Crippen LogP contribution >= 0.6 is 11.6 Å². The summed E-state index contributed by atoms with van der Waals surface area (Å²) in [5.41, 5.74) is 0.773. The van der Waals surface area contributed by atoms with E-state index < -0.39 is 5.97 Å². The van der Waals surface area contributed by atoms with Gasteiger partial charge in [0, 0.05) is 23.6 Å². The number of carbonyl (C=O) groups is 2. The molecular weight excluding hydrogens is 282 g/mol. The van der Waals surface area contributed by atoms with Crippen LogP contribution < -0.4 is 10.1 Å². The van der Waals surface area contributed by atoms with Crippen molar-refractivity contribution in [3.05, 3.63) is 28.8 Å². The van der Waals surface area contributed by atoms with Crippen LogP contribution in [0.15, 0.2) is 18.2 Å². The Balaban J connectivity index is 2.59. The highest BCUT2D eigenvalue weighted by molar-refractivity contribution is 6.30. The molecule has 0 spiro atoms. The van der Waals surface area contributed by atoms with Gasteiger partial charge in [0.05, 0.1) is 13.0 Å². The first-order valence-corrected chi connectivity index (χ1v) is 6.80. The Bertz CT molecular complexity index is 476. The van der Waals surface area contributed by atoms with Gasteiger partial charge in [0.25, 0.3) is 0 Å². The van der Waals surface area contributed by atoms with Gasteiger partial charge in [0.1, 0.15) is 5.75 Å². The molecule has 6 heteroatoms. The second kappa shape index (κ2) is 8.43. The number of rotatable bonds is 8. The van der Waals surface area contributed by atoms with Gasteiger partial charge >= 0.3 is 5.97 Å². The topological polar surface area (TPSA) is 75.6 Å². The molecule has 0 atom stereocenters. The molecule has 1 amide bonds. The van der Waals surface area contributed by atoms with E-state index in [1.807, 2.05) is 6.92 Å². The summed E-state index contributed by atoms with van der Waals surface area (Å²) in [4.78, 5) is 21.9. The molecule has 0 radical (unpaired) electrons. The summed E-state index contributed by atoms with van der Waals surface area (Å²) >= 11 is 5.92. The van der Waals surface area contributed by atoms with E-state index in [2.05, 4.69) is 5.32 Å². The number of amides is 1. The molecule has 0 unspecified atom stereocenters. The molecule has 110 valence electrons. The predicted octanol–water partition coefficient (Wildman–Crippen LogP) is 2.61. The van der Waals surface area contributed by atoms with E-state index in [1.165, 1.54) is 0 Å². The number of benzene rings is 1. The van der Waals surface area contributed by atoms with Gasteiger partial charge in [0.2, 0.25) is 5.91 Å². The van der Waals surface area contributed by atoms with E-state index in [4.69, 9.17) is 21.4 Å². The van der Waals surface area contributed by atoms with Gasteiger partial charge in [-0.05, 0) is 24.6 Å². The lowest BCUT2D eigenvalue weighted by Gasteiger charge is -2.12. The van der Waals surface area contributed by atoms with Gasteiger partial charge in [-0.1, -0.05) is 18.5 Å². The molecule has 1 rings (SSSR count). The molecule has 0 heterocycles. The average Bonchev–Trinajstić information content (AvgIpc) is 2.41. The Kier molecular flexibility index (Phi) is 6.87. The lowest BCUT2D eigenvalue weighted by molar-refractivity contribution is -0.138. The standard InChI is InChI=1S/C14H18ClNO4/c1-2-7-20-12-4-3-11(15)8-10(12)9-16-13(17)5-6-14(18)19/h3-4,8H,2,5-7,9H2,1H3,(H,16,17)(H,18,19). The maximum atomic E-state index is 11.5. The fraction of sp³-hybridized carbons (Fsp3) is 0.429. The summed E-state index contributed by atoms with van der Waals surface area (Å²) < 4.78 is 5.57. The summed E-state index contributed by atoms with van der Waals surface area (Å²) in [6, 6.07) is 5.21. The molecule has 1 aromatic rings. The number of carbonyl (C=O) groups excluding carboxylic acids is 1. The second-order valence-electron chi connectivity index (χ2n) is 4.27. The first kappa shape index (κ1) is 16.3. The SMILES string of the molecule is CCCOc1ccc(Cl)cc1CNC(=O)CCC(=O)O. The maximum Gasteiger partial charge on any atom is 0.303 e. The lowest BCUT2D eigenvalue weighted by Crippen LogP contribution is -2.23. The van der Waals surface area contributed by atoms with Crippen molar-refractivity contribution in [3.8, 4) is 5.75 Å². The van der Waals surface area contributed by atoms with Crippen molar-refractivity contribution in [2.24, 2.45) is 0 Å². The first-order valence-electron chi connectivity index (χ1n) is 6.42. The Morgan fingerprint density at radius 3 is 2.75 bits per heavy atom. The number of ether oxygens (including phenoxy) is 1. The summed E-state index contributed by atoms with van der Waals surface area (Å²) in [7, 11) is 0. The normalized spacial score (nSPS) is 10.1. The molecule has 0 aliphatic heterocycles. The van der Waals surface area contributed by atoms with E-state index in [-0.39, 0.29) is 25.3 Å². The van der Waals surface area contributed by atoms with Crippen molar-refractivity contribution in [3.63, 3.8) is 0 Å². The third-order valence-electron chi connectivity index (χ3n) is 2.53. The van der Waals surface area contributed by atoms with Crippen molar-refractivity contribution in [2.45, 2.75) is 32.7 Å². The number of carboxylic acid groups (broad SMARTS) is 1. The van der Waals surface area contributed by atoms with Gasteiger partial charge in [-0.25, -0.2) is 0 Å². The summed E-state index contributed by atoms with van der Waals surface area (Å²) in [5, 5.41) is 11.7. The minimum Gasteiger partial charge on any atom is -0.493 e. The van der Waals surface area contributed by atoms with Crippen LogP contribution in [0.3, 0.4) is 0 Å². The van der Waals surface area contributed by atoms with Crippen LogP contribution in [0.5, 0.6) is 5.75 Å². The van der Waals surface area contributed by atoms with Crippen LogP contribution in [0.1, 0.15) is 31.7 Å². The molecular formula is C14H18ClNO4. The van der Waals surface area contributed by atoms with E-state index >= 15 is 0 Å². The molecule has 2 N–H and O–H groups in total. The smallest absolute Gasteiger partial charge is 0.303 e. The molecule has 20 heavy (non-hydrogen) atoms. The van der Waals surface area contributed by atoms with Crippen molar-refractivity contribution in [1.29, 1.82) is 0 Å². The van der Waals surface area contributed by atoms with Crippen LogP contribution in [0.4, 0.5) is 0 Å². The molecule has 0 saturated heterocycles. The highest BCUT2D eigenvalue weighted by atomic mass is 35.5. The van der Waals surface area contributed by atoms with E-state index in [0.717, 1.165) is 12.0 Å². The monoisotopic (exact) mass is 299 g/mol. The third kappa shape index (κ3) is 5.93. The minimum atomic E-state index is -0.991. The van der Waals surface area contributed by atoms with Crippen molar-refractivity contribution >= 4 is 23.5 Å². The zero-order valence-electron chi connectivity index (χ0n) is 11.3. The Morgan fingerprint density at radius 2 is 2.10 bits per heavy atom. The van der Waals surface area contributed by atoms with E-state index in [0.29, 0.717) is 17.4 Å². The molecule has 0 aromatic heterocycles. The third-order valence-corrected chi connectivity index (χ3v) is 2.76. The molecule has 0 fully saturated rings. The zero-order chi connectivity index (χ0) is 15.0. The minimum absolute atomic E-state index is 0.0406. The maximum absolute atomic E-state index is 11.5. The van der Waals surface area contributed by atoms with Crippen molar-refractivity contribution in [1.82, 2.24) is 5.32 Å². The molecule has 0 bridgehead atoms. The van der Waals surface area contributed by atoms with Crippen LogP contribution in [0, 0.1) is 0 Å². The van der Waals surface area contributed by atoms with E-state index in [9.17, 15) is 9.59 Å². The fourth-order valence-electron chi connectivity index (χ4n) is 1.54. The van der Waals surface area contributed by atoms with Gasteiger partial charge in [-0.3, -0.25) is 9.59 Å². The number of hydrogen-bond acceptors (Lipinski definition) is 3. The number of carboxylic acids is 1. The van der Waals surface area contributed by atoms with Crippen molar-refractivity contribution < 1.29 is 19.4 Å². The molecule has 0 saturated carbocycles. The second-order valence-corrected chi connectivity index (χ2v) is 4.71. The molecule has 0 aliphatic rings. The molecule has 5 nitrogen and oxygen atoms in total. The largest absolute Gasteiger partial charge is 0.493 e. The van der Waals surface area contributed by atoms with E-state index in [1.54, 1.807) is 18.2 Å². The highest BCUT2D eigenvalue weighted by Crippen LogP contribution is 2.23. The summed E-state index contributed by atoms with van der Waals surface area (Å²) in [6.07, 6.45) is 0.661. The predicted molar refractivity (Wildman–Crippen MR) is 76.0 cm³/mol. The Labute approximate surface area is 122 Å². The van der Waals surface area contributed by atoms with Gasteiger partial charge in [-0.2, -0.15) is 0 Å². The summed E-state index contributed by atoms with van der Waals surface area (Å²) in [5.74, 6) is -0.626. The lowest BCUT2D eigenvalue weighted by atomic mass is 10.2. The fourth-order valence-corrected chi connectivity index (χ4v) is 1.74. The van der Waals surface area contributed by atoms with Gasteiger partial charge in [0.15, 0.2) is 0 Å². The number of aliphatic carboxylic acids is 1. The van der Waals surface area contributed by atoms with Crippen LogP contribution in [-0.2, 0) is 16.1 Å². The summed E-state index contributed by atoms with van der Waals surface area (Å²) in [6.45, 7) is 2.85. The van der Waals surface area contributed by atoms with Crippen LogP contribution in [-0.4, -0.2) is 23.6 Å². The number of nitrogens with one attached hydrogen (secondary N) is 1. The van der Waals surface area contributed by atoms with Gasteiger partial charge in [-0.15, -0.1) is 0 Å². The number of hydrogen-bond donors (Lipinski definition) is 2. The first-order chi connectivity index (χ1) is 9.52. The Morgan fingerprint density at radius 1 is 1.35 bits per heavy atom. The zero-order valence-corrected chi connectivity index (χ0v) is 12.1.